The number of sulfonamides is 1. The molecule has 1 amide bonds. The Bertz CT molecular complexity index is 829. The van der Waals surface area contributed by atoms with E-state index in [4.69, 9.17) is 0 Å². The van der Waals surface area contributed by atoms with Crippen molar-refractivity contribution in [3.63, 3.8) is 0 Å². The SMILES string of the molecule is Cc1ccc(S(=O)(=O)NC(Cc2ccccc2)C(=O)NC2CC2)cc1. The van der Waals surface area contributed by atoms with E-state index < -0.39 is 16.1 Å². The maximum absolute atomic E-state index is 12.7. The van der Waals surface area contributed by atoms with E-state index in [0.29, 0.717) is 6.42 Å². The Labute approximate surface area is 148 Å². The summed E-state index contributed by atoms with van der Waals surface area (Å²) in [7, 11) is -3.77. The molecule has 1 saturated carbocycles. The van der Waals surface area contributed by atoms with Crippen LogP contribution in [0, 0.1) is 6.92 Å². The first-order valence-corrected chi connectivity index (χ1v) is 9.86. The number of amides is 1. The fraction of sp³-hybridized carbons (Fsp3) is 0.316. The highest BCUT2D eigenvalue weighted by atomic mass is 32.2. The topological polar surface area (TPSA) is 75.3 Å². The summed E-state index contributed by atoms with van der Waals surface area (Å²) in [5.41, 5.74) is 1.89. The van der Waals surface area contributed by atoms with Gasteiger partial charge in [0, 0.05) is 6.04 Å². The Hall–Kier alpha value is -2.18. The van der Waals surface area contributed by atoms with Gasteiger partial charge >= 0.3 is 0 Å². The van der Waals surface area contributed by atoms with Gasteiger partial charge in [0.1, 0.15) is 6.04 Å². The molecule has 3 rings (SSSR count). The average molecular weight is 358 g/mol. The van der Waals surface area contributed by atoms with E-state index in [0.717, 1.165) is 24.0 Å². The molecule has 5 nitrogen and oxygen atoms in total. The molecular weight excluding hydrogens is 336 g/mol. The second-order valence-electron chi connectivity index (χ2n) is 6.46. The Kier molecular flexibility index (Phi) is 5.20. The Morgan fingerprint density at radius 3 is 2.32 bits per heavy atom. The smallest absolute Gasteiger partial charge is 0.241 e. The second-order valence-corrected chi connectivity index (χ2v) is 8.17. The van der Waals surface area contributed by atoms with E-state index in [-0.39, 0.29) is 16.8 Å². The summed E-state index contributed by atoms with van der Waals surface area (Å²) in [5.74, 6) is -0.276. The molecule has 6 heteroatoms. The minimum atomic E-state index is -3.77. The summed E-state index contributed by atoms with van der Waals surface area (Å²) < 4.78 is 27.9. The molecule has 0 aliphatic heterocycles. The van der Waals surface area contributed by atoms with Crippen molar-refractivity contribution in [1.29, 1.82) is 0 Å². The number of rotatable bonds is 7. The predicted molar refractivity (Wildman–Crippen MR) is 96.6 cm³/mol. The molecule has 0 bridgehead atoms. The van der Waals surface area contributed by atoms with Crippen LogP contribution in [0.4, 0.5) is 0 Å². The van der Waals surface area contributed by atoms with Crippen LogP contribution < -0.4 is 10.0 Å². The van der Waals surface area contributed by atoms with Crippen molar-refractivity contribution in [3.8, 4) is 0 Å². The molecule has 2 aromatic carbocycles. The normalized spacial score (nSPS) is 15.6. The molecule has 1 atom stereocenters. The van der Waals surface area contributed by atoms with Crippen molar-refractivity contribution in [2.75, 3.05) is 0 Å². The molecule has 25 heavy (non-hydrogen) atoms. The maximum Gasteiger partial charge on any atom is 0.241 e. The first-order chi connectivity index (χ1) is 11.9. The highest BCUT2D eigenvalue weighted by Gasteiger charge is 2.30. The molecule has 0 saturated heterocycles. The fourth-order valence-corrected chi connectivity index (χ4v) is 3.74. The van der Waals surface area contributed by atoms with Gasteiger partial charge in [0.25, 0.3) is 0 Å². The van der Waals surface area contributed by atoms with E-state index >= 15 is 0 Å². The number of carbonyl (C=O) groups is 1. The number of hydrogen-bond donors (Lipinski definition) is 2. The zero-order valence-electron chi connectivity index (χ0n) is 14.1. The molecular formula is C19H22N2O3S. The Morgan fingerprint density at radius 1 is 1.08 bits per heavy atom. The van der Waals surface area contributed by atoms with Crippen LogP contribution in [0.25, 0.3) is 0 Å². The largest absolute Gasteiger partial charge is 0.352 e. The summed E-state index contributed by atoms with van der Waals surface area (Å²) in [6, 6.07) is 15.3. The molecule has 1 aliphatic rings. The van der Waals surface area contributed by atoms with E-state index in [1.165, 1.54) is 0 Å². The average Bonchev–Trinajstić information content (AvgIpc) is 3.39. The van der Waals surface area contributed by atoms with Crippen molar-refractivity contribution in [3.05, 3.63) is 65.7 Å². The zero-order chi connectivity index (χ0) is 17.9. The van der Waals surface area contributed by atoms with Crippen molar-refractivity contribution < 1.29 is 13.2 Å². The number of nitrogens with one attached hydrogen (secondary N) is 2. The molecule has 1 unspecified atom stereocenters. The quantitative estimate of drug-likeness (QED) is 0.796. The number of carbonyl (C=O) groups excluding carboxylic acids is 1. The second kappa shape index (κ2) is 7.37. The molecule has 0 heterocycles. The van der Waals surface area contributed by atoms with Crippen molar-refractivity contribution in [1.82, 2.24) is 10.0 Å². The lowest BCUT2D eigenvalue weighted by Crippen LogP contribution is -2.48. The van der Waals surface area contributed by atoms with E-state index in [1.54, 1.807) is 24.3 Å². The van der Waals surface area contributed by atoms with Crippen molar-refractivity contribution >= 4 is 15.9 Å². The van der Waals surface area contributed by atoms with Gasteiger partial charge in [-0.25, -0.2) is 8.42 Å². The van der Waals surface area contributed by atoms with Crippen LogP contribution >= 0.6 is 0 Å². The molecule has 0 spiro atoms. The van der Waals surface area contributed by atoms with Crippen LogP contribution in [-0.4, -0.2) is 26.4 Å². The minimum Gasteiger partial charge on any atom is -0.352 e. The molecule has 1 fully saturated rings. The first kappa shape index (κ1) is 17.6. The summed E-state index contributed by atoms with van der Waals surface area (Å²) in [5, 5.41) is 2.89. The van der Waals surface area contributed by atoms with Crippen LogP contribution in [0.1, 0.15) is 24.0 Å². The lowest BCUT2D eigenvalue weighted by atomic mass is 10.1. The standard InChI is InChI=1S/C19H22N2O3S/c1-14-7-11-17(12-8-14)25(23,24)21-18(19(22)20-16-9-10-16)13-15-5-3-2-4-6-15/h2-8,11-12,16,18,21H,9-10,13H2,1H3,(H,20,22). The molecule has 1 aliphatic carbocycles. The first-order valence-electron chi connectivity index (χ1n) is 8.37. The molecule has 2 aromatic rings. The van der Waals surface area contributed by atoms with Gasteiger partial charge in [-0.3, -0.25) is 4.79 Å². The number of aryl methyl sites for hydroxylation is 1. The Morgan fingerprint density at radius 2 is 1.72 bits per heavy atom. The third-order valence-electron chi connectivity index (χ3n) is 4.15. The van der Waals surface area contributed by atoms with Crippen LogP contribution in [0.5, 0.6) is 0 Å². The summed E-state index contributed by atoms with van der Waals surface area (Å²) >= 11 is 0. The molecule has 0 radical (unpaired) electrons. The highest BCUT2D eigenvalue weighted by molar-refractivity contribution is 7.89. The van der Waals surface area contributed by atoms with Gasteiger partial charge in [0.15, 0.2) is 0 Å². The van der Waals surface area contributed by atoms with Gasteiger partial charge < -0.3 is 5.32 Å². The van der Waals surface area contributed by atoms with Gasteiger partial charge in [0.05, 0.1) is 4.90 Å². The van der Waals surface area contributed by atoms with Crippen molar-refractivity contribution in [2.24, 2.45) is 0 Å². The maximum atomic E-state index is 12.7. The molecule has 0 aromatic heterocycles. The van der Waals surface area contributed by atoms with Gasteiger partial charge in [-0.2, -0.15) is 4.72 Å². The van der Waals surface area contributed by atoms with Crippen LogP contribution in [0.15, 0.2) is 59.5 Å². The monoisotopic (exact) mass is 358 g/mol. The third-order valence-corrected chi connectivity index (χ3v) is 5.64. The highest BCUT2D eigenvalue weighted by Crippen LogP contribution is 2.19. The Balaban J connectivity index is 1.80. The predicted octanol–water partition coefficient (Wildman–Crippen LogP) is 2.16. The zero-order valence-corrected chi connectivity index (χ0v) is 14.9. The fourth-order valence-electron chi connectivity index (χ4n) is 2.54. The van der Waals surface area contributed by atoms with Gasteiger partial charge in [-0.1, -0.05) is 48.0 Å². The van der Waals surface area contributed by atoms with E-state index in [2.05, 4.69) is 10.0 Å². The van der Waals surface area contributed by atoms with E-state index in [9.17, 15) is 13.2 Å². The van der Waals surface area contributed by atoms with Crippen LogP contribution in [-0.2, 0) is 21.2 Å². The van der Waals surface area contributed by atoms with Crippen molar-refractivity contribution in [2.45, 2.75) is 43.2 Å². The lowest BCUT2D eigenvalue weighted by Gasteiger charge is -2.19. The molecule has 2 N–H and O–H groups in total. The summed E-state index contributed by atoms with van der Waals surface area (Å²) in [6.07, 6.45) is 2.22. The van der Waals surface area contributed by atoms with Gasteiger partial charge in [-0.05, 0) is 43.9 Å². The summed E-state index contributed by atoms with van der Waals surface area (Å²) in [6.45, 7) is 1.89. The van der Waals surface area contributed by atoms with Gasteiger partial charge in [0.2, 0.25) is 15.9 Å². The third kappa shape index (κ3) is 4.90. The lowest BCUT2D eigenvalue weighted by molar-refractivity contribution is -0.122. The van der Waals surface area contributed by atoms with Crippen LogP contribution in [0.3, 0.4) is 0 Å². The van der Waals surface area contributed by atoms with E-state index in [1.807, 2.05) is 37.3 Å². The number of benzene rings is 2. The van der Waals surface area contributed by atoms with Gasteiger partial charge in [-0.15, -0.1) is 0 Å². The minimum absolute atomic E-state index is 0.162. The molecule has 132 valence electrons. The number of hydrogen-bond acceptors (Lipinski definition) is 3. The van der Waals surface area contributed by atoms with Crippen LogP contribution in [0.2, 0.25) is 0 Å². The summed E-state index contributed by atoms with van der Waals surface area (Å²) in [4.78, 5) is 12.7.